The normalized spacial score (nSPS) is 12.0. The van der Waals surface area contributed by atoms with Crippen LogP contribution in [0.3, 0.4) is 0 Å². The lowest BCUT2D eigenvalue weighted by atomic mass is 9.94. The molecule has 5 aromatic carbocycles. The second kappa shape index (κ2) is 6.87. The monoisotopic (exact) mass is 445 g/mol. The summed E-state index contributed by atoms with van der Waals surface area (Å²) in [6.45, 7) is 0. The van der Waals surface area contributed by atoms with E-state index in [-0.39, 0.29) is 0 Å². The van der Waals surface area contributed by atoms with Crippen molar-refractivity contribution in [1.29, 1.82) is 0 Å². The molecule has 0 radical (unpaired) electrons. The van der Waals surface area contributed by atoms with Gasteiger partial charge in [0.1, 0.15) is 0 Å². The molecule has 0 bridgehead atoms. The van der Waals surface area contributed by atoms with Crippen molar-refractivity contribution in [2.45, 2.75) is 0 Å². The maximum atomic E-state index is 4.64. The number of nitrogens with zero attached hydrogens (tertiary/aromatic N) is 3. The van der Waals surface area contributed by atoms with Gasteiger partial charge in [0, 0.05) is 45.4 Å². The quantitative estimate of drug-likeness (QED) is 0.269. The fourth-order valence-electron chi connectivity index (χ4n) is 5.80. The fourth-order valence-corrected chi connectivity index (χ4v) is 5.80. The molecule has 2 aromatic heterocycles. The molecule has 7 aromatic rings. The lowest BCUT2D eigenvalue weighted by Gasteiger charge is -2.13. The SMILES string of the molecule is c1cc(-c2ccc3c4c(cccc24)-c2nccnc2-3)cc(-n2c3ccccc3c3ccccc32)c1. The van der Waals surface area contributed by atoms with Crippen LogP contribution in [0.4, 0.5) is 0 Å². The highest BCUT2D eigenvalue weighted by molar-refractivity contribution is 6.17. The summed E-state index contributed by atoms with van der Waals surface area (Å²) in [5.74, 6) is 0. The second-order valence-corrected chi connectivity index (χ2v) is 9.06. The van der Waals surface area contributed by atoms with Gasteiger partial charge in [-0.15, -0.1) is 0 Å². The molecule has 0 saturated heterocycles. The van der Waals surface area contributed by atoms with E-state index in [1.165, 1.54) is 54.8 Å². The third kappa shape index (κ3) is 2.50. The summed E-state index contributed by atoms with van der Waals surface area (Å²) in [6, 6.07) is 37.1. The Bertz CT molecular complexity index is 1880. The van der Waals surface area contributed by atoms with Crippen LogP contribution in [0.5, 0.6) is 0 Å². The van der Waals surface area contributed by atoms with Crippen molar-refractivity contribution in [1.82, 2.24) is 14.5 Å². The molecule has 0 atom stereocenters. The van der Waals surface area contributed by atoms with Crippen LogP contribution in [0.25, 0.3) is 71.9 Å². The molecular formula is C32H19N3. The van der Waals surface area contributed by atoms with Crippen LogP contribution in [0.15, 0.2) is 116 Å². The zero-order valence-corrected chi connectivity index (χ0v) is 18.8. The first kappa shape index (κ1) is 18.6. The van der Waals surface area contributed by atoms with Crippen LogP contribution < -0.4 is 0 Å². The number of hydrogen-bond donors (Lipinski definition) is 0. The molecule has 0 N–H and O–H groups in total. The van der Waals surface area contributed by atoms with Crippen molar-refractivity contribution in [3.63, 3.8) is 0 Å². The average molecular weight is 446 g/mol. The van der Waals surface area contributed by atoms with Crippen molar-refractivity contribution in [3.8, 4) is 39.3 Å². The molecule has 0 aliphatic heterocycles. The first-order valence-corrected chi connectivity index (χ1v) is 11.8. The number of aromatic nitrogens is 3. The van der Waals surface area contributed by atoms with Crippen LogP contribution in [0.1, 0.15) is 0 Å². The fraction of sp³-hybridized carbons (Fsp3) is 0. The summed E-state index contributed by atoms with van der Waals surface area (Å²) in [5, 5.41) is 5.03. The summed E-state index contributed by atoms with van der Waals surface area (Å²) in [5.41, 5.74) is 10.3. The molecule has 35 heavy (non-hydrogen) atoms. The molecule has 1 aliphatic carbocycles. The van der Waals surface area contributed by atoms with Gasteiger partial charge in [-0.1, -0.05) is 78.9 Å². The average Bonchev–Trinajstić information content (AvgIpc) is 3.44. The summed E-state index contributed by atoms with van der Waals surface area (Å²) in [6.07, 6.45) is 3.55. The predicted molar refractivity (Wildman–Crippen MR) is 144 cm³/mol. The second-order valence-electron chi connectivity index (χ2n) is 9.06. The van der Waals surface area contributed by atoms with Gasteiger partial charge in [0.15, 0.2) is 0 Å². The predicted octanol–water partition coefficient (Wildman–Crippen LogP) is 8.04. The largest absolute Gasteiger partial charge is 0.309 e. The Morgan fingerprint density at radius 2 is 1.09 bits per heavy atom. The molecule has 8 rings (SSSR count). The van der Waals surface area contributed by atoms with Gasteiger partial charge in [0.2, 0.25) is 0 Å². The standard InChI is InChI=1S/C32H19N3/c1-3-13-28-23(9-1)24-10-2-4-14-29(24)35(28)21-8-5-7-20(19-21)22-15-16-27-30-25(22)11-6-12-26(30)31-32(27)34-18-17-33-31/h1-19H. The molecule has 0 amide bonds. The maximum absolute atomic E-state index is 4.64. The minimum atomic E-state index is 0.976. The highest BCUT2D eigenvalue weighted by Crippen LogP contribution is 2.47. The number of para-hydroxylation sites is 2. The zero-order valence-electron chi connectivity index (χ0n) is 18.8. The maximum Gasteiger partial charge on any atom is 0.0971 e. The molecule has 162 valence electrons. The summed E-state index contributed by atoms with van der Waals surface area (Å²) in [4.78, 5) is 9.28. The highest BCUT2D eigenvalue weighted by atomic mass is 15.0. The Hall–Kier alpha value is -4.76. The number of hydrogen-bond acceptors (Lipinski definition) is 2. The van der Waals surface area contributed by atoms with E-state index < -0.39 is 0 Å². The minimum Gasteiger partial charge on any atom is -0.309 e. The first-order valence-electron chi connectivity index (χ1n) is 11.8. The number of rotatable bonds is 2. The third-order valence-electron chi connectivity index (χ3n) is 7.24. The molecular weight excluding hydrogens is 426 g/mol. The molecule has 0 unspecified atom stereocenters. The van der Waals surface area contributed by atoms with Crippen molar-refractivity contribution in [2.75, 3.05) is 0 Å². The topological polar surface area (TPSA) is 30.7 Å². The van der Waals surface area contributed by atoms with Gasteiger partial charge in [-0.25, -0.2) is 0 Å². The summed E-state index contributed by atoms with van der Waals surface area (Å²) in [7, 11) is 0. The van der Waals surface area contributed by atoms with Gasteiger partial charge in [-0.2, -0.15) is 0 Å². The lowest BCUT2D eigenvalue weighted by Crippen LogP contribution is -1.94. The Morgan fingerprint density at radius 3 is 1.83 bits per heavy atom. The molecule has 3 nitrogen and oxygen atoms in total. The molecule has 3 heteroatoms. The molecule has 1 aliphatic rings. The third-order valence-corrected chi connectivity index (χ3v) is 7.24. The number of fused-ring (bicyclic) bond motifs is 6. The number of benzene rings is 5. The van der Waals surface area contributed by atoms with Gasteiger partial charge < -0.3 is 4.57 Å². The Morgan fingerprint density at radius 1 is 0.486 bits per heavy atom. The molecule has 0 saturated carbocycles. The minimum absolute atomic E-state index is 0.976. The van der Waals surface area contributed by atoms with E-state index >= 15 is 0 Å². The van der Waals surface area contributed by atoms with E-state index in [1.54, 1.807) is 12.4 Å². The van der Waals surface area contributed by atoms with E-state index in [1.807, 2.05) is 0 Å². The molecule has 2 heterocycles. The van der Waals surface area contributed by atoms with Gasteiger partial charge in [-0.05, 0) is 40.8 Å². The Balaban J connectivity index is 1.38. The molecule has 0 fully saturated rings. The van der Waals surface area contributed by atoms with Crippen molar-refractivity contribution >= 4 is 32.6 Å². The Labute approximate surface area is 202 Å². The van der Waals surface area contributed by atoms with Gasteiger partial charge >= 0.3 is 0 Å². The lowest BCUT2D eigenvalue weighted by molar-refractivity contribution is 1.18. The molecule has 0 spiro atoms. The van der Waals surface area contributed by atoms with E-state index in [9.17, 15) is 0 Å². The summed E-state index contributed by atoms with van der Waals surface area (Å²) >= 11 is 0. The summed E-state index contributed by atoms with van der Waals surface area (Å²) < 4.78 is 2.37. The van der Waals surface area contributed by atoms with Crippen LogP contribution >= 0.6 is 0 Å². The van der Waals surface area contributed by atoms with Crippen LogP contribution in [-0.2, 0) is 0 Å². The highest BCUT2D eigenvalue weighted by Gasteiger charge is 2.24. The first-order chi connectivity index (χ1) is 17.4. The zero-order chi connectivity index (χ0) is 22.9. The van der Waals surface area contributed by atoms with Gasteiger partial charge in [-0.3, -0.25) is 9.97 Å². The van der Waals surface area contributed by atoms with Crippen molar-refractivity contribution < 1.29 is 0 Å². The van der Waals surface area contributed by atoms with Crippen LogP contribution in [0.2, 0.25) is 0 Å². The van der Waals surface area contributed by atoms with E-state index in [2.05, 4.69) is 118 Å². The van der Waals surface area contributed by atoms with E-state index in [4.69, 9.17) is 0 Å². The van der Waals surface area contributed by atoms with Gasteiger partial charge in [0.05, 0.1) is 22.4 Å². The van der Waals surface area contributed by atoms with Crippen LogP contribution in [-0.4, -0.2) is 14.5 Å². The Kier molecular flexibility index (Phi) is 3.66. The smallest absolute Gasteiger partial charge is 0.0971 e. The van der Waals surface area contributed by atoms with Crippen LogP contribution in [0, 0.1) is 0 Å². The van der Waals surface area contributed by atoms with Crippen molar-refractivity contribution in [3.05, 3.63) is 116 Å². The van der Waals surface area contributed by atoms with Gasteiger partial charge in [0.25, 0.3) is 0 Å². The van der Waals surface area contributed by atoms with E-state index in [0.29, 0.717) is 0 Å². The van der Waals surface area contributed by atoms with E-state index in [0.717, 1.165) is 17.1 Å². The van der Waals surface area contributed by atoms with Crippen molar-refractivity contribution in [2.24, 2.45) is 0 Å².